The summed E-state index contributed by atoms with van der Waals surface area (Å²) in [5.41, 5.74) is 2.71. The van der Waals surface area contributed by atoms with E-state index in [-0.39, 0.29) is 5.91 Å². The van der Waals surface area contributed by atoms with E-state index in [2.05, 4.69) is 10.1 Å². The Morgan fingerprint density at radius 2 is 1.88 bits per heavy atom. The van der Waals surface area contributed by atoms with Crippen LogP contribution in [0.5, 0.6) is 0 Å². The molecule has 0 aliphatic rings. The van der Waals surface area contributed by atoms with E-state index in [9.17, 15) is 4.79 Å². The number of nitrogens with zero attached hydrogens (tertiary/aromatic N) is 4. The fourth-order valence-electron chi connectivity index (χ4n) is 2.81. The SMILES string of the molecule is CN(Cc1nc2ccccc2s1)C(=O)c1cnn(Cc2ccccc2)c1. The zero-order chi connectivity index (χ0) is 17.9. The summed E-state index contributed by atoms with van der Waals surface area (Å²) >= 11 is 1.62. The van der Waals surface area contributed by atoms with Crippen molar-refractivity contribution in [3.63, 3.8) is 0 Å². The summed E-state index contributed by atoms with van der Waals surface area (Å²) < 4.78 is 2.92. The van der Waals surface area contributed by atoms with E-state index in [0.29, 0.717) is 18.7 Å². The summed E-state index contributed by atoms with van der Waals surface area (Å²) in [7, 11) is 1.79. The van der Waals surface area contributed by atoms with Crippen molar-refractivity contribution in [1.29, 1.82) is 0 Å². The van der Waals surface area contributed by atoms with Gasteiger partial charge < -0.3 is 4.90 Å². The highest BCUT2D eigenvalue weighted by Gasteiger charge is 2.16. The summed E-state index contributed by atoms with van der Waals surface area (Å²) in [4.78, 5) is 19.0. The maximum Gasteiger partial charge on any atom is 0.257 e. The first kappa shape index (κ1) is 16.5. The predicted molar refractivity (Wildman–Crippen MR) is 103 cm³/mol. The van der Waals surface area contributed by atoms with Crippen molar-refractivity contribution >= 4 is 27.5 Å². The molecular formula is C20H18N4OS. The number of carbonyl (C=O) groups excluding carboxylic acids is 1. The van der Waals surface area contributed by atoms with Gasteiger partial charge in [0.1, 0.15) is 5.01 Å². The molecule has 5 nitrogen and oxygen atoms in total. The smallest absolute Gasteiger partial charge is 0.257 e. The maximum absolute atomic E-state index is 12.7. The number of hydrogen-bond acceptors (Lipinski definition) is 4. The van der Waals surface area contributed by atoms with Gasteiger partial charge in [0.15, 0.2) is 0 Å². The molecule has 6 heteroatoms. The van der Waals surface area contributed by atoms with Crippen LogP contribution in [0.4, 0.5) is 0 Å². The van der Waals surface area contributed by atoms with Crippen molar-refractivity contribution in [2.45, 2.75) is 13.1 Å². The maximum atomic E-state index is 12.7. The summed E-state index contributed by atoms with van der Waals surface area (Å²) in [5, 5.41) is 5.24. The molecule has 4 aromatic rings. The molecule has 130 valence electrons. The number of benzene rings is 2. The van der Waals surface area contributed by atoms with E-state index >= 15 is 0 Å². The van der Waals surface area contributed by atoms with Crippen LogP contribution in [-0.4, -0.2) is 32.6 Å². The molecule has 0 atom stereocenters. The normalized spacial score (nSPS) is 11.0. The molecule has 0 fully saturated rings. The lowest BCUT2D eigenvalue weighted by atomic mass is 10.2. The summed E-state index contributed by atoms with van der Waals surface area (Å²) in [6.07, 6.45) is 3.42. The van der Waals surface area contributed by atoms with Crippen molar-refractivity contribution in [3.8, 4) is 0 Å². The summed E-state index contributed by atoms with van der Waals surface area (Å²) in [6.45, 7) is 1.14. The Kier molecular flexibility index (Phi) is 4.50. The number of para-hydroxylation sites is 1. The number of hydrogen-bond donors (Lipinski definition) is 0. The Labute approximate surface area is 155 Å². The van der Waals surface area contributed by atoms with E-state index in [1.807, 2.05) is 54.6 Å². The van der Waals surface area contributed by atoms with E-state index in [4.69, 9.17) is 0 Å². The van der Waals surface area contributed by atoms with Crippen molar-refractivity contribution in [3.05, 3.63) is 83.1 Å². The van der Waals surface area contributed by atoms with Crippen molar-refractivity contribution in [1.82, 2.24) is 19.7 Å². The molecule has 0 spiro atoms. The van der Waals surface area contributed by atoms with Crippen LogP contribution in [0.1, 0.15) is 20.9 Å². The lowest BCUT2D eigenvalue weighted by molar-refractivity contribution is 0.0785. The molecule has 2 heterocycles. The van der Waals surface area contributed by atoms with Gasteiger partial charge in [0.25, 0.3) is 5.91 Å². The molecular weight excluding hydrogens is 344 g/mol. The van der Waals surface area contributed by atoms with Crippen molar-refractivity contribution in [2.24, 2.45) is 0 Å². The Bertz CT molecular complexity index is 1010. The van der Waals surface area contributed by atoms with Gasteiger partial charge in [-0.05, 0) is 17.7 Å². The molecule has 0 aliphatic carbocycles. The van der Waals surface area contributed by atoms with Gasteiger partial charge in [-0.2, -0.15) is 5.10 Å². The highest BCUT2D eigenvalue weighted by molar-refractivity contribution is 7.18. The first-order valence-electron chi connectivity index (χ1n) is 8.35. The predicted octanol–water partition coefficient (Wildman–Crippen LogP) is 3.81. The minimum absolute atomic E-state index is 0.0523. The fourth-order valence-corrected chi connectivity index (χ4v) is 3.83. The number of thiazole rings is 1. The molecule has 0 saturated heterocycles. The second kappa shape index (κ2) is 7.09. The minimum Gasteiger partial charge on any atom is -0.335 e. The van der Waals surface area contributed by atoms with Crippen LogP contribution in [0.25, 0.3) is 10.2 Å². The molecule has 0 radical (unpaired) electrons. The first-order chi connectivity index (χ1) is 12.7. The van der Waals surface area contributed by atoms with Gasteiger partial charge >= 0.3 is 0 Å². The van der Waals surface area contributed by atoms with E-state index in [1.165, 1.54) is 0 Å². The van der Waals surface area contributed by atoms with Crippen LogP contribution in [0, 0.1) is 0 Å². The number of amides is 1. The fraction of sp³-hybridized carbons (Fsp3) is 0.150. The molecule has 1 amide bonds. The second-order valence-corrected chi connectivity index (χ2v) is 7.26. The van der Waals surface area contributed by atoms with E-state index in [1.54, 1.807) is 40.4 Å². The molecule has 0 bridgehead atoms. The topological polar surface area (TPSA) is 51.0 Å². The van der Waals surface area contributed by atoms with Gasteiger partial charge in [-0.1, -0.05) is 42.5 Å². The van der Waals surface area contributed by atoms with Gasteiger partial charge in [-0.15, -0.1) is 11.3 Å². The number of carbonyl (C=O) groups is 1. The number of fused-ring (bicyclic) bond motifs is 1. The van der Waals surface area contributed by atoms with Crippen LogP contribution < -0.4 is 0 Å². The van der Waals surface area contributed by atoms with Crippen LogP contribution in [0.3, 0.4) is 0 Å². The van der Waals surface area contributed by atoms with Crippen LogP contribution in [0.15, 0.2) is 67.0 Å². The Balaban J connectivity index is 1.45. The molecule has 0 unspecified atom stereocenters. The van der Waals surface area contributed by atoms with Gasteiger partial charge in [0.2, 0.25) is 0 Å². The van der Waals surface area contributed by atoms with Gasteiger partial charge in [-0.3, -0.25) is 9.48 Å². The largest absolute Gasteiger partial charge is 0.335 e. The monoisotopic (exact) mass is 362 g/mol. The lowest BCUT2D eigenvalue weighted by Gasteiger charge is -2.14. The second-order valence-electron chi connectivity index (χ2n) is 6.15. The van der Waals surface area contributed by atoms with Crippen LogP contribution in [0.2, 0.25) is 0 Å². The standard InChI is InChI=1S/C20H18N4OS/c1-23(14-19-22-17-9-5-6-10-18(17)26-19)20(25)16-11-21-24(13-16)12-15-7-3-2-4-8-15/h2-11,13H,12,14H2,1H3. The third-order valence-electron chi connectivity index (χ3n) is 4.12. The quantitative estimate of drug-likeness (QED) is 0.542. The van der Waals surface area contributed by atoms with Gasteiger partial charge in [0.05, 0.1) is 35.1 Å². The zero-order valence-electron chi connectivity index (χ0n) is 14.4. The summed E-state index contributed by atoms with van der Waals surface area (Å²) in [6, 6.07) is 18.1. The molecule has 2 aromatic heterocycles. The highest BCUT2D eigenvalue weighted by atomic mass is 32.1. The van der Waals surface area contributed by atoms with Crippen molar-refractivity contribution < 1.29 is 4.79 Å². The lowest BCUT2D eigenvalue weighted by Crippen LogP contribution is -2.25. The third kappa shape index (κ3) is 3.50. The van der Waals surface area contributed by atoms with E-state index < -0.39 is 0 Å². The highest BCUT2D eigenvalue weighted by Crippen LogP contribution is 2.22. The average Bonchev–Trinajstić information content (AvgIpc) is 3.28. The number of rotatable bonds is 5. The molecule has 4 rings (SSSR count). The molecule has 0 aliphatic heterocycles. The van der Waals surface area contributed by atoms with Crippen LogP contribution >= 0.6 is 11.3 Å². The van der Waals surface area contributed by atoms with Gasteiger partial charge in [0, 0.05) is 13.2 Å². The molecule has 26 heavy (non-hydrogen) atoms. The Morgan fingerprint density at radius 1 is 1.12 bits per heavy atom. The average molecular weight is 362 g/mol. The zero-order valence-corrected chi connectivity index (χ0v) is 15.2. The van der Waals surface area contributed by atoms with Gasteiger partial charge in [-0.25, -0.2) is 4.98 Å². The Hall–Kier alpha value is -2.99. The first-order valence-corrected chi connectivity index (χ1v) is 9.17. The Morgan fingerprint density at radius 3 is 2.69 bits per heavy atom. The summed E-state index contributed by atoms with van der Waals surface area (Å²) in [5.74, 6) is -0.0523. The number of aromatic nitrogens is 3. The van der Waals surface area contributed by atoms with Crippen LogP contribution in [-0.2, 0) is 13.1 Å². The van der Waals surface area contributed by atoms with E-state index in [0.717, 1.165) is 20.8 Å². The third-order valence-corrected chi connectivity index (χ3v) is 5.15. The van der Waals surface area contributed by atoms with Crippen molar-refractivity contribution in [2.75, 3.05) is 7.05 Å². The molecule has 0 N–H and O–H groups in total. The molecule has 0 saturated carbocycles. The minimum atomic E-state index is -0.0523. The molecule has 2 aromatic carbocycles.